The van der Waals surface area contributed by atoms with E-state index in [0.717, 1.165) is 96.3 Å². The minimum absolute atomic E-state index is 0.0850. The standard InChI is InChI=1S/C57H102O6/c1-4-7-10-13-16-19-22-25-27-28-29-30-31-33-35-38-41-44-47-50-56(59)62-53-54(52-61-55(58)49-46-43-40-37-34-24-21-18-15-12-9-6-3)63-57(60)51-48-45-42-39-36-32-26-23-20-17-14-11-8-5-2/h9,12,18,21,28-29,32,36,54H,4-8,10-11,13-17,19-20,22-27,30-31,33-35,37-53H2,1-3H3/b12-9-,21-18-,29-28-,36-32-. The van der Waals surface area contributed by atoms with Gasteiger partial charge in [-0.25, -0.2) is 0 Å². The van der Waals surface area contributed by atoms with Crippen molar-refractivity contribution < 1.29 is 28.6 Å². The molecular formula is C57H102O6. The largest absolute Gasteiger partial charge is 0.462 e. The van der Waals surface area contributed by atoms with Crippen LogP contribution in [0, 0.1) is 0 Å². The molecule has 0 spiro atoms. The highest BCUT2D eigenvalue weighted by molar-refractivity contribution is 5.71. The number of esters is 3. The fourth-order valence-electron chi connectivity index (χ4n) is 7.70. The number of allylic oxidation sites excluding steroid dienone is 8. The van der Waals surface area contributed by atoms with E-state index < -0.39 is 6.10 Å². The third-order valence-corrected chi connectivity index (χ3v) is 11.8. The molecule has 0 aliphatic rings. The van der Waals surface area contributed by atoms with E-state index in [0.29, 0.717) is 19.3 Å². The van der Waals surface area contributed by atoms with Gasteiger partial charge in [0.2, 0.25) is 0 Å². The summed E-state index contributed by atoms with van der Waals surface area (Å²) < 4.78 is 16.8. The zero-order valence-electron chi connectivity index (χ0n) is 41.8. The second-order valence-electron chi connectivity index (χ2n) is 18.1. The molecule has 0 saturated carbocycles. The molecule has 0 amide bonds. The lowest BCUT2D eigenvalue weighted by Crippen LogP contribution is -2.30. The van der Waals surface area contributed by atoms with Crippen molar-refractivity contribution in [2.75, 3.05) is 13.2 Å². The lowest BCUT2D eigenvalue weighted by atomic mass is 10.1. The Balaban J connectivity index is 4.35. The third-order valence-electron chi connectivity index (χ3n) is 11.8. The van der Waals surface area contributed by atoms with E-state index >= 15 is 0 Å². The molecule has 0 bridgehead atoms. The normalized spacial score (nSPS) is 12.4. The van der Waals surface area contributed by atoms with Gasteiger partial charge in [-0.3, -0.25) is 14.4 Å². The van der Waals surface area contributed by atoms with Crippen LogP contribution >= 0.6 is 0 Å². The van der Waals surface area contributed by atoms with Crippen molar-refractivity contribution in [1.29, 1.82) is 0 Å². The summed E-state index contributed by atoms with van der Waals surface area (Å²) in [4.78, 5) is 38.0. The molecule has 0 heterocycles. The molecule has 0 saturated heterocycles. The molecule has 0 aromatic rings. The first-order valence-electron chi connectivity index (χ1n) is 27.1. The molecule has 1 atom stereocenters. The van der Waals surface area contributed by atoms with Gasteiger partial charge in [-0.05, 0) is 96.3 Å². The molecule has 0 aliphatic carbocycles. The van der Waals surface area contributed by atoms with Crippen LogP contribution in [0.1, 0.15) is 278 Å². The fraction of sp³-hybridized carbons (Fsp3) is 0.807. The van der Waals surface area contributed by atoms with Crippen molar-refractivity contribution in [1.82, 2.24) is 0 Å². The van der Waals surface area contributed by atoms with Gasteiger partial charge in [-0.2, -0.15) is 0 Å². The molecule has 0 N–H and O–H groups in total. The topological polar surface area (TPSA) is 78.9 Å². The highest BCUT2D eigenvalue weighted by Crippen LogP contribution is 2.15. The summed E-state index contributed by atoms with van der Waals surface area (Å²) in [7, 11) is 0. The SMILES string of the molecule is CC/C=C\C/C=C\CCCCCCCC(=O)OCC(COC(=O)CCCCCCCCC/C=C\CCCCCCCCCC)OC(=O)CCCCC/C=C\CCCCCCCCC. The monoisotopic (exact) mass is 883 g/mol. The molecule has 63 heavy (non-hydrogen) atoms. The van der Waals surface area contributed by atoms with Crippen molar-refractivity contribution in [3.8, 4) is 0 Å². The van der Waals surface area contributed by atoms with Gasteiger partial charge in [0.25, 0.3) is 0 Å². The Kier molecular flexibility index (Phi) is 49.8. The Morgan fingerprint density at radius 2 is 0.619 bits per heavy atom. The third kappa shape index (κ3) is 50.2. The first-order valence-corrected chi connectivity index (χ1v) is 27.1. The molecular weight excluding hydrogens is 781 g/mol. The summed E-state index contributed by atoms with van der Waals surface area (Å²) in [5, 5.41) is 0. The number of carbonyl (C=O) groups excluding carboxylic acids is 3. The number of unbranched alkanes of at least 4 members (excludes halogenated alkanes) is 30. The van der Waals surface area contributed by atoms with E-state index in [4.69, 9.17) is 14.2 Å². The highest BCUT2D eigenvalue weighted by Gasteiger charge is 2.19. The molecule has 0 rings (SSSR count). The molecule has 1 unspecified atom stereocenters. The number of ether oxygens (including phenoxy) is 3. The van der Waals surface area contributed by atoms with Gasteiger partial charge in [0.1, 0.15) is 13.2 Å². The number of hydrogen-bond acceptors (Lipinski definition) is 6. The molecule has 0 aliphatic heterocycles. The molecule has 6 heteroatoms. The number of rotatable bonds is 49. The van der Waals surface area contributed by atoms with E-state index in [1.165, 1.54) is 141 Å². The maximum atomic E-state index is 12.8. The lowest BCUT2D eigenvalue weighted by Gasteiger charge is -2.18. The Morgan fingerprint density at radius 1 is 0.333 bits per heavy atom. The second kappa shape index (κ2) is 52.0. The number of carbonyl (C=O) groups is 3. The predicted molar refractivity (Wildman–Crippen MR) is 270 cm³/mol. The molecule has 0 aromatic heterocycles. The van der Waals surface area contributed by atoms with Gasteiger partial charge in [0.15, 0.2) is 6.10 Å². The lowest BCUT2D eigenvalue weighted by molar-refractivity contribution is -0.167. The van der Waals surface area contributed by atoms with Crippen LogP contribution in [0.25, 0.3) is 0 Å². The summed E-state index contributed by atoms with van der Waals surface area (Å²) in [5.41, 5.74) is 0. The van der Waals surface area contributed by atoms with Crippen molar-refractivity contribution in [3.63, 3.8) is 0 Å². The van der Waals surface area contributed by atoms with E-state index in [1.54, 1.807) is 0 Å². The van der Waals surface area contributed by atoms with E-state index in [-0.39, 0.29) is 31.1 Å². The van der Waals surface area contributed by atoms with Crippen LogP contribution in [0.15, 0.2) is 48.6 Å². The van der Waals surface area contributed by atoms with Crippen molar-refractivity contribution in [2.45, 2.75) is 284 Å². The van der Waals surface area contributed by atoms with Crippen molar-refractivity contribution in [3.05, 3.63) is 48.6 Å². The zero-order chi connectivity index (χ0) is 45.8. The van der Waals surface area contributed by atoms with E-state index in [1.807, 2.05) is 0 Å². The summed E-state index contributed by atoms with van der Waals surface area (Å²) in [6, 6.07) is 0. The van der Waals surface area contributed by atoms with E-state index in [2.05, 4.69) is 69.4 Å². The molecule has 0 aromatic carbocycles. The first kappa shape index (κ1) is 60.4. The van der Waals surface area contributed by atoms with Crippen LogP contribution in [-0.2, 0) is 28.6 Å². The van der Waals surface area contributed by atoms with Crippen LogP contribution in [0.2, 0.25) is 0 Å². The maximum absolute atomic E-state index is 12.8. The predicted octanol–water partition coefficient (Wildman–Crippen LogP) is 17.9. The van der Waals surface area contributed by atoms with Gasteiger partial charge in [0.05, 0.1) is 0 Å². The van der Waals surface area contributed by atoms with Crippen LogP contribution in [0.4, 0.5) is 0 Å². The summed E-state index contributed by atoms with van der Waals surface area (Å²) >= 11 is 0. The average Bonchev–Trinajstić information content (AvgIpc) is 3.28. The second-order valence-corrected chi connectivity index (χ2v) is 18.1. The van der Waals surface area contributed by atoms with Gasteiger partial charge in [0, 0.05) is 19.3 Å². The minimum atomic E-state index is -0.787. The Bertz CT molecular complexity index is 1110. The average molecular weight is 883 g/mol. The van der Waals surface area contributed by atoms with Crippen molar-refractivity contribution in [2.24, 2.45) is 0 Å². The van der Waals surface area contributed by atoms with Crippen LogP contribution < -0.4 is 0 Å². The van der Waals surface area contributed by atoms with Crippen LogP contribution in [0.5, 0.6) is 0 Å². The van der Waals surface area contributed by atoms with Gasteiger partial charge < -0.3 is 14.2 Å². The first-order chi connectivity index (χ1) is 31.0. The van der Waals surface area contributed by atoms with E-state index in [9.17, 15) is 14.4 Å². The minimum Gasteiger partial charge on any atom is -0.462 e. The van der Waals surface area contributed by atoms with Gasteiger partial charge >= 0.3 is 17.9 Å². The smallest absolute Gasteiger partial charge is 0.306 e. The highest BCUT2D eigenvalue weighted by atomic mass is 16.6. The Morgan fingerprint density at radius 3 is 0.984 bits per heavy atom. The molecule has 0 radical (unpaired) electrons. The fourth-order valence-corrected chi connectivity index (χ4v) is 7.70. The van der Waals surface area contributed by atoms with Gasteiger partial charge in [-0.15, -0.1) is 0 Å². The van der Waals surface area contributed by atoms with Crippen LogP contribution in [-0.4, -0.2) is 37.2 Å². The molecule has 366 valence electrons. The Labute approximate surface area is 390 Å². The molecule has 0 fully saturated rings. The van der Waals surface area contributed by atoms with Gasteiger partial charge in [-0.1, -0.05) is 211 Å². The molecule has 6 nitrogen and oxygen atoms in total. The Hall–Kier alpha value is -2.63. The summed E-state index contributed by atoms with van der Waals surface area (Å²) in [5.74, 6) is -0.912. The summed E-state index contributed by atoms with van der Waals surface area (Å²) in [6.45, 7) is 6.51. The number of hydrogen-bond donors (Lipinski definition) is 0. The summed E-state index contributed by atoms with van der Waals surface area (Å²) in [6.07, 6.45) is 62.5. The van der Waals surface area contributed by atoms with Crippen molar-refractivity contribution >= 4 is 17.9 Å². The van der Waals surface area contributed by atoms with Crippen LogP contribution in [0.3, 0.4) is 0 Å². The zero-order valence-corrected chi connectivity index (χ0v) is 41.8. The quantitative estimate of drug-likeness (QED) is 0.0262. The maximum Gasteiger partial charge on any atom is 0.306 e.